The summed E-state index contributed by atoms with van der Waals surface area (Å²) < 4.78 is 5.34. The van der Waals surface area contributed by atoms with Crippen LogP contribution in [0, 0.1) is 0 Å². The molecule has 0 bridgehead atoms. The number of thioether (sulfide) groups is 1. The number of carbonyl (C=O) groups is 2. The molecule has 5 nitrogen and oxygen atoms in total. The fourth-order valence-electron chi connectivity index (χ4n) is 2.34. The first-order valence-electron chi connectivity index (χ1n) is 6.99. The zero-order chi connectivity index (χ0) is 15.2. The van der Waals surface area contributed by atoms with Crippen LogP contribution >= 0.6 is 11.8 Å². The van der Waals surface area contributed by atoms with E-state index in [9.17, 15) is 9.59 Å². The molecule has 114 valence electrons. The Morgan fingerprint density at radius 2 is 2.24 bits per heavy atom. The Hall–Kier alpha value is -1.69. The molecule has 1 N–H and O–H groups in total. The van der Waals surface area contributed by atoms with Gasteiger partial charge >= 0.3 is 0 Å². The number of amides is 2. The van der Waals surface area contributed by atoms with Gasteiger partial charge in [-0.25, -0.2) is 0 Å². The molecule has 1 aromatic carbocycles. The van der Waals surface area contributed by atoms with E-state index in [-0.39, 0.29) is 23.7 Å². The lowest BCUT2D eigenvalue weighted by Crippen LogP contribution is -2.38. The van der Waals surface area contributed by atoms with Gasteiger partial charge in [0.2, 0.25) is 5.91 Å². The molecule has 1 fully saturated rings. The molecule has 1 unspecified atom stereocenters. The highest BCUT2D eigenvalue weighted by molar-refractivity contribution is 8.13. The smallest absolute Gasteiger partial charge is 0.282 e. The van der Waals surface area contributed by atoms with E-state index in [1.165, 1.54) is 11.8 Å². The van der Waals surface area contributed by atoms with Gasteiger partial charge in [-0.2, -0.15) is 0 Å². The van der Waals surface area contributed by atoms with Gasteiger partial charge in [-0.05, 0) is 12.5 Å². The number of ether oxygens (including phenoxy) is 1. The zero-order valence-corrected chi connectivity index (χ0v) is 13.1. The van der Waals surface area contributed by atoms with Gasteiger partial charge in [0.1, 0.15) is 12.3 Å². The highest BCUT2D eigenvalue weighted by Crippen LogP contribution is 2.26. The van der Waals surface area contributed by atoms with Gasteiger partial charge in [0.25, 0.3) is 5.24 Å². The molecule has 21 heavy (non-hydrogen) atoms. The van der Waals surface area contributed by atoms with Crippen LogP contribution in [0.15, 0.2) is 24.3 Å². The Balaban J connectivity index is 2.01. The van der Waals surface area contributed by atoms with E-state index in [0.717, 1.165) is 23.5 Å². The standard InChI is InChI=1S/C15H20N2O3S/c1-3-12(11-6-4-5-7-13(11)20-2)16-14(18)10-17-8-9-21-15(17)19/h4-7,12H,3,8-10H2,1-2H3,(H,16,18). The average Bonchev–Trinajstić information content (AvgIpc) is 2.90. The summed E-state index contributed by atoms with van der Waals surface area (Å²) in [5.74, 6) is 1.39. The lowest BCUT2D eigenvalue weighted by molar-refractivity contribution is -0.122. The van der Waals surface area contributed by atoms with Gasteiger partial charge in [0.05, 0.1) is 13.2 Å². The van der Waals surface area contributed by atoms with Crippen molar-refractivity contribution in [1.29, 1.82) is 0 Å². The number of nitrogens with one attached hydrogen (secondary N) is 1. The molecule has 1 aromatic rings. The number of methoxy groups -OCH3 is 1. The van der Waals surface area contributed by atoms with Gasteiger partial charge < -0.3 is 15.0 Å². The maximum absolute atomic E-state index is 12.1. The molecule has 0 saturated carbocycles. The Morgan fingerprint density at radius 1 is 1.48 bits per heavy atom. The van der Waals surface area contributed by atoms with Crippen molar-refractivity contribution >= 4 is 22.9 Å². The molecule has 1 saturated heterocycles. The maximum atomic E-state index is 12.1. The summed E-state index contributed by atoms with van der Waals surface area (Å²) in [7, 11) is 1.62. The van der Waals surface area contributed by atoms with Crippen LogP contribution in [0.2, 0.25) is 0 Å². The van der Waals surface area contributed by atoms with Crippen molar-refractivity contribution in [3.63, 3.8) is 0 Å². The van der Waals surface area contributed by atoms with Gasteiger partial charge in [-0.1, -0.05) is 36.9 Å². The van der Waals surface area contributed by atoms with Crippen LogP contribution in [0.1, 0.15) is 24.9 Å². The summed E-state index contributed by atoms with van der Waals surface area (Å²) in [6, 6.07) is 7.54. The number of benzene rings is 1. The third-order valence-electron chi connectivity index (χ3n) is 3.44. The van der Waals surface area contributed by atoms with Crippen molar-refractivity contribution in [2.45, 2.75) is 19.4 Å². The Kier molecular flexibility index (Phi) is 5.50. The van der Waals surface area contributed by atoms with Crippen LogP contribution in [0.25, 0.3) is 0 Å². The van der Waals surface area contributed by atoms with E-state index in [2.05, 4.69) is 5.32 Å². The largest absolute Gasteiger partial charge is 0.496 e. The van der Waals surface area contributed by atoms with Crippen LogP contribution in [-0.2, 0) is 4.79 Å². The summed E-state index contributed by atoms with van der Waals surface area (Å²) in [6.45, 7) is 2.77. The average molecular weight is 308 g/mol. The second kappa shape index (κ2) is 7.36. The Bertz CT molecular complexity index is 521. The van der Waals surface area contributed by atoms with Crippen molar-refractivity contribution < 1.29 is 14.3 Å². The second-order valence-corrected chi connectivity index (χ2v) is 5.85. The summed E-state index contributed by atoms with van der Waals surface area (Å²) in [6.07, 6.45) is 0.759. The lowest BCUT2D eigenvalue weighted by Gasteiger charge is -2.21. The molecular weight excluding hydrogens is 288 g/mol. The van der Waals surface area contributed by atoms with Crippen molar-refractivity contribution in [3.8, 4) is 5.75 Å². The molecule has 1 aliphatic heterocycles. The third kappa shape index (κ3) is 3.91. The fraction of sp³-hybridized carbons (Fsp3) is 0.467. The number of rotatable bonds is 6. The highest BCUT2D eigenvalue weighted by atomic mass is 32.2. The van der Waals surface area contributed by atoms with E-state index < -0.39 is 0 Å². The predicted octanol–water partition coefficient (Wildman–Crippen LogP) is 2.43. The van der Waals surface area contributed by atoms with Gasteiger partial charge in [0.15, 0.2) is 0 Å². The predicted molar refractivity (Wildman–Crippen MR) is 83.6 cm³/mol. The molecule has 2 amide bonds. The minimum absolute atomic E-state index is 0.0181. The fourth-order valence-corrected chi connectivity index (χ4v) is 3.16. The summed E-state index contributed by atoms with van der Waals surface area (Å²) in [5.41, 5.74) is 0.956. The number of nitrogens with zero attached hydrogens (tertiary/aromatic N) is 1. The van der Waals surface area contributed by atoms with E-state index in [1.54, 1.807) is 12.0 Å². The minimum Gasteiger partial charge on any atom is -0.496 e. The van der Waals surface area contributed by atoms with Crippen molar-refractivity contribution in [2.75, 3.05) is 26.0 Å². The van der Waals surface area contributed by atoms with Gasteiger partial charge in [-0.3, -0.25) is 9.59 Å². The summed E-state index contributed by atoms with van der Waals surface area (Å²) >= 11 is 1.26. The van der Waals surface area contributed by atoms with Crippen molar-refractivity contribution in [3.05, 3.63) is 29.8 Å². The van der Waals surface area contributed by atoms with Crippen LogP contribution in [0.5, 0.6) is 5.75 Å². The molecular formula is C15H20N2O3S. The van der Waals surface area contributed by atoms with Crippen LogP contribution in [-0.4, -0.2) is 42.0 Å². The maximum Gasteiger partial charge on any atom is 0.282 e. The van der Waals surface area contributed by atoms with Crippen molar-refractivity contribution in [1.82, 2.24) is 10.2 Å². The molecule has 0 spiro atoms. The number of carbonyl (C=O) groups excluding carboxylic acids is 2. The number of para-hydroxylation sites is 1. The third-order valence-corrected chi connectivity index (χ3v) is 4.33. The molecule has 1 atom stereocenters. The summed E-state index contributed by atoms with van der Waals surface area (Å²) in [4.78, 5) is 25.2. The monoisotopic (exact) mass is 308 g/mol. The molecule has 1 heterocycles. The Labute approximate surface area is 129 Å². The summed E-state index contributed by atoms with van der Waals surface area (Å²) in [5, 5.41) is 2.96. The normalized spacial score (nSPS) is 15.9. The first kappa shape index (κ1) is 15.7. The minimum atomic E-state index is -0.136. The zero-order valence-electron chi connectivity index (χ0n) is 12.3. The topological polar surface area (TPSA) is 58.6 Å². The Morgan fingerprint density at radius 3 is 2.86 bits per heavy atom. The highest BCUT2D eigenvalue weighted by Gasteiger charge is 2.24. The molecule has 0 aromatic heterocycles. The molecule has 2 rings (SSSR count). The number of hydrogen-bond acceptors (Lipinski definition) is 4. The molecule has 0 radical (unpaired) electrons. The number of hydrogen-bond donors (Lipinski definition) is 1. The quantitative estimate of drug-likeness (QED) is 0.877. The first-order chi connectivity index (χ1) is 10.2. The van der Waals surface area contributed by atoms with Crippen molar-refractivity contribution in [2.24, 2.45) is 0 Å². The van der Waals surface area contributed by atoms with E-state index in [0.29, 0.717) is 6.54 Å². The molecule has 1 aliphatic rings. The van der Waals surface area contributed by atoms with Crippen LogP contribution < -0.4 is 10.1 Å². The van der Waals surface area contributed by atoms with E-state index in [1.807, 2.05) is 31.2 Å². The van der Waals surface area contributed by atoms with Gasteiger partial charge in [0, 0.05) is 17.9 Å². The van der Waals surface area contributed by atoms with Crippen LogP contribution in [0.4, 0.5) is 4.79 Å². The first-order valence-corrected chi connectivity index (χ1v) is 7.98. The van der Waals surface area contributed by atoms with Gasteiger partial charge in [-0.15, -0.1) is 0 Å². The molecule has 0 aliphatic carbocycles. The van der Waals surface area contributed by atoms with Crippen LogP contribution in [0.3, 0.4) is 0 Å². The SMILES string of the molecule is CCC(NC(=O)CN1CCSC1=O)c1ccccc1OC. The van der Waals surface area contributed by atoms with E-state index >= 15 is 0 Å². The second-order valence-electron chi connectivity index (χ2n) is 4.81. The lowest BCUT2D eigenvalue weighted by atomic mass is 10.0. The van der Waals surface area contributed by atoms with E-state index in [4.69, 9.17) is 4.74 Å². The molecule has 6 heteroatoms.